The van der Waals surface area contributed by atoms with E-state index in [4.69, 9.17) is 0 Å². The molecule has 0 spiro atoms. The van der Waals surface area contributed by atoms with Crippen LogP contribution in [0.25, 0.3) is 0 Å². The Morgan fingerprint density at radius 2 is 2.19 bits per heavy atom. The number of H-pyrrole nitrogens is 1. The highest BCUT2D eigenvalue weighted by molar-refractivity contribution is 7.91. The van der Waals surface area contributed by atoms with Gasteiger partial charge in [-0.3, -0.25) is 4.79 Å². The van der Waals surface area contributed by atoms with Crippen LogP contribution in [0.15, 0.2) is 9.00 Å². The summed E-state index contributed by atoms with van der Waals surface area (Å²) in [4.78, 5) is 13.4. The monoisotopic (exact) mass is 329 g/mol. The van der Waals surface area contributed by atoms with Gasteiger partial charge in [0.05, 0.1) is 6.04 Å². The van der Waals surface area contributed by atoms with E-state index in [1.54, 1.807) is 13.8 Å². The van der Waals surface area contributed by atoms with Gasteiger partial charge >= 0.3 is 4.87 Å². The Kier molecular flexibility index (Phi) is 3.46. The number of nitrogens with zero attached hydrogens (tertiary/aromatic N) is 3. The Morgan fingerprint density at radius 3 is 2.86 bits per heavy atom. The van der Waals surface area contributed by atoms with E-state index in [0.717, 1.165) is 25.2 Å². The summed E-state index contributed by atoms with van der Waals surface area (Å²) in [5.74, 6) is 1.49. The number of aryl methyl sites for hydroxylation is 2. The second kappa shape index (κ2) is 5.04. The molecule has 2 aromatic heterocycles. The zero-order valence-electron chi connectivity index (χ0n) is 11.6. The molecule has 1 aliphatic heterocycles. The van der Waals surface area contributed by atoms with Gasteiger partial charge in [-0.2, -0.15) is 4.72 Å². The van der Waals surface area contributed by atoms with Gasteiger partial charge < -0.3 is 9.55 Å². The summed E-state index contributed by atoms with van der Waals surface area (Å²) in [7, 11) is -3.76. The highest BCUT2D eigenvalue weighted by Gasteiger charge is 2.27. The molecule has 114 valence electrons. The molecule has 0 aliphatic carbocycles. The maximum atomic E-state index is 12.4. The summed E-state index contributed by atoms with van der Waals surface area (Å²) in [6.45, 7) is 4.09. The van der Waals surface area contributed by atoms with Crippen molar-refractivity contribution in [1.29, 1.82) is 0 Å². The molecule has 0 amide bonds. The van der Waals surface area contributed by atoms with Crippen molar-refractivity contribution in [1.82, 2.24) is 24.5 Å². The topological polar surface area (TPSA) is 110 Å². The van der Waals surface area contributed by atoms with Gasteiger partial charge in [0.1, 0.15) is 5.82 Å². The van der Waals surface area contributed by atoms with Crippen molar-refractivity contribution in [3.05, 3.63) is 27.0 Å². The number of aromatic nitrogens is 4. The number of aromatic amines is 1. The van der Waals surface area contributed by atoms with Crippen LogP contribution >= 0.6 is 11.3 Å². The third-order valence-electron chi connectivity index (χ3n) is 3.38. The molecule has 0 aromatic carbocycles. The molecular formula is C11H15N5O3S2. The molecule has 2 aromatic rings. The van der Waals surface area contributed by atoms with Crippen molar-refractivity contribution in [3.63, 3.8) is 0 Å². The molecule has 0 saturated heterocycles. The van der Waals surface area contributed by atoms with Crippen LogP contribution < -0.4 is 9.60 Å². The Hall–Kier alpha value is -1.52. The van der Waals surface area contributed by atoms with Crippen LogP contribution in [0.3, 0.4) is 0 Å². The molecule has 21 heavy (non-hydrogen) atoms. The van der Waals surface area contributed by atoms with Crippen molar-refractivity contribution >= 4 is 21.4 Å². The Morgan fingerprint density at radius 1 is 1.43 bits per heavy atom. The van der Waals surface area contributed by atoms with Gasteiger partial charge in [0, 0.05) is 18.7 Å². The number of thiazole rings is 1. The van der Waals surface area contributed by atoms with Gasteiger partial charge in [-0.05, 0) is 20.3 Å². The molecule has 0 saturated carbocycles. The number of hydrogen-bond acceptors (Lipinski definition) is 6. The van der Waals surface area contributed by atoms with Crippen molar-refractivity contribution in [2.24, 2.45) is 0 Å². The van der Waals surface area contributed by atoms with E-state index >= 15 is 0 Å². The van der Waals surface area contributed by atoms with Gasteiger partial charge in [0.2, 0.25) is 0 Å². The normalized spacial score (nSPS) is 16.1. The van der Waals surface area contributed by atoms with Crippen LogP contribution in [0.4, 0.5) is 0 Å². The fourth-order valence-electron chi connectivity index (χ4n) is 2.48. The molecule has 0 bridgehead atoms. The van der Waals surface area contributed by atoms with Gasteiger partial charge in [-0.1, -0.05) is 11.3 Å². The summed E-state index contributed by atoms with van der Waals surface area (Å²) in [6.07, 6.45) is 1.86. The zero-order chi connectivity index (χ0) is 15.2. The lowest BCUT2D eigenvalue weighted by atomic mass is 10.3. The van der Waals surface area contributed by atoms with Crippen molar-refractivity contribution in [3.8, 4) is 0 Å². The number of fused-ring (bicyclic) bond motifs is 1. The Labute approximate surface area is 125 Å². The number of hydrogen-bond donors (Lipinski definition) is 2. The van der Waals surface area contributed by atoms with Crippen LogP contribution in [0.5, 0.6) is 0 Å². The zero-order valence-corrected chi connectivity index (χ0v) is 13.2. The molecule has 8 nitrogen and oxygen atoms in total. The van der Waals surface area contributed by atoms with Crippen LogP contribution in [0.2, 0.25) is 0 Å². The van der Waals surface area contributed by atoms with Crippen LogP contribution in [0, 0.1) is 6.92 Å². The molecule has 0 radical (unpaired) electrons. The summed E-state index contributed by atoms with van der Waals surface area (Å²) in [6, 6.07) is -0.508. The molecule has 0 fully saturated rings. The van der Waals surface area contributed by atoms with Gasteiger partial charge in [0.25, 0.3) is 10.0 Å². The first-order valence-electron chi connectivity index (χ1n) is 6.52. The average Bonchev–Trinajstić information content (AvgIpc) is 3.02. The van der Waals surface area contributed by atoms with Gasteiger partial charge in [-0.25, -0.2) is 8.42 Å². The standard InChI is InChI=1S/C11H15N5O3S2/c1-6(9-14-13-8-4-3-5-16(8)9)15-21(18,19)10-7(2)12-11(17)20-10/h6,15H,3-5H2,1-2H3,(H,12,17). The highest BCUT2D eigenvalue weighted by Crippen LogP contribution is 2.22. The lowest BCUT2D eigenvalue weighted by molar-refractivity contribution is 0.547. The molecule has 1 atom stereocenters. The van der Waals surface area contributed by atoms with Gasteiger partial charge in [-0.15, -0.1) is 10.2 Å². The minimum absolute atomic E-state index is 0.0144. The second-order valence-corrected chi connectivity index (χ2v) is 7.89. The fraction of sp³-hybridized carbons (Fsp3) is 0.545. The Bertz CT molecular complexity index is 832. The smallest absolute Gasteiger partial charge is 0.305 e. The third-order valence-corrected chi connectivity index (χ3v) is 6.53. The molecule has 3 heterocycles. The number of rotatable bonds is 4. The minimum Gasteiger partial charge on any atom is -0.315 e. The van der Waals surface area contributed by atoms with E-state index in [-0.39, 0.29) is 9.08 Å². The largest absolute Gasteiger partial charge is 0.315 e. The van der Waals surface area contributed by atoms with Gasteiger partial charge in [0.15, 0.2) is 10.0 Å². The molecule has 1 unspecified atom stereocenters. The molecule has 3 rings (SSSR count). The van der Waals surface area contributed by atoms with Crippen LogP contribution in [-0.2, 0) is 23.0 Å². The fourth-order valence-corrected chi connectivity index (χ4v) is 5.00. The van der Waals surface area contributed by atoms with Crippen molar-refractivity contribution < 1.29 is 8.42 Å². The predicted octanol–water partition coefficient (Wildman–Crippen LogP) is 0.322. The number of sulfonamides is 1. The van der Waals surface area contributed by atoms with E-state index in [0.29, 0.717) is 22.9 Å². The maximum absolute atomic E-state index is 12.4. The van der Waals surface area contributed by atoms with E-state index in [2.05, 4.69) is 19.9 Å². The highest BCUT2D eigenvalue weighted by atomic mass is 32.2. The SMILES string of the molecule is Cc1[nH]c(=O)sc1S(=O)(=O)NC(C)c1nnc2n1CCC2. The molecule has 10 heteroatoms. The lowest BCUT2D eigenvalue weighted by Crippen LogP contribution is -2.28. The van der Waals surface area contributed by atoms with E-state index in [9.17, 15) is 13.2 Å². The molecular weight excluding hydrogens is 314 g/mol. The van der Waals surface area contributed by atoms with Crippen LogP contribution in [-0.4, -0.2) is 28.2 Å². The van der Waals surface area contributed by atoms with Crippen molar-refractivity contribution in [2.45, 2.75) is 43.5 Å². The average molecular weight is 329 g/mol. The first kappa shape index (κ1) is 14.4. The summed E-state index contributed by atoms with van der Waals surface area (Å²) < 4.78 is 29.2. The third kappa shape index (κ3) is 2.54. The lowest BCUT2D eigenvalue weighted by Gasteiger charge is -2.13. The molecule has 1 aliphatic rings. The molecule has 2 N–H and O–H groups in total. The summed E-state index contributed by atoms with van der Waals surface area (Å²) in [5, 5.41) is 8.13. The van der Waals surface area contributed by atoms with E-state index in [1.165, 1.54) is 0 Å². The first-order chi connectivity index (χ1) is 9.88. The summed E-state index contributed by atoms with van der Waals surface area (Å²) in [5.41, 5.74) is 0.344. The van der Waals surface area contributed by atoms with E-state index in [1.807, 2.05) is 4.57 Å². The Balaban J connectivity index is 1.88. The quantitative estimate of drug-likeness (QED) is 0.839. The minimum atomic E-state index is -3.76. The van der Waals surface area contributed by atoms with E-state index < -0.39 is 16.1 Å². The summed E-state index contributed by atoms with van der Waals surface area (Å²) >= 11 is 0.682. The second-order valence-electron chi connectivity index (χ2n) is 5.00. The van der Waals surface area contributed by atoms with Crippen LogP contribution in [0.1, 0.15) is 36.7 Å². The van der Waals surface area contributed by atoms with Crippen molar-refractivity contribution in [2.75, 3.05) is 0 Å². The predicted molar refractivity (Wildman–Crippen MR) is 76.8 cm³/mol. The maximum Gasteiger partial charge on any atom is 0.305 e. The number of nitrogens with one attached hydrogen (secondary N) is 2. The first-order valence-corrected chi connectivity index (χ1v) is 8.82.